The Morgan fingerprint density at radius 2 is 1.78 bits per heavy atom. The lowest BCUT2D eigenvalue weighted by Gasteiger charge is -2.14. The summed E-state index contributed by atoms with van der Waals surface area (Å²) >= 11 is 0. The van der Waals surface area contributed by atoms with Crippen LogP contribution < -0.4 is 5.48 Å². The van der Waals surface area contributed by atoms with Gasteiger partial charge in [0.1, 0.15) is 0 Å². The first-order valence-electron chi connectivity index (χ1n) is 8.69. The van der Waals surface area contributed by atoms with Gasteiger partial charge in [-0.1, -0.05) is 33.1 Å². The van der Waals surface area contributed by atoms with E-state index in [2.05, 4.69) is 19.3 Å². The monoisotopic (exact) mass is 331 g/mol. The van der Waals surface area contributed by atoms with Gasteiger partial charge >= 0.3 is 11.9 Å². The van der Waals surface area contributed by atoms with E-state index in [0.29, 0.717) is 25.5 Å². The standard InChI is InChI=1S/C17H33NO5/c1-5-7-9-15(6-2)12-21-17(20)13-22-16(19)10-8-11-18-23-14(3)4/h14-15,18H,5-13H2,1-4H3. The molecule has 1 unspecified atom stereocenters. The molecule has 0 spiro atoms. The average Bonchev–Trinajstić information content (AvgIpc) is 2.52. The summed E-state index contributed by atoms with van der Waals surface area (Å²) in [4.78, 5) is 28.2. The molecule has 0 aromatic heterocycles. The van der Waals surface area contributed by atoms with Gasteiger partial charge in [-0.05, 0) is 32.6 Å². The smallest absolute Gasteiger partial charge is 0.344 e. The molecule has 136 valence electrons. The third-order valence-electron chi connectivity index (χ3n) is 3.35. The summed E-state index contributed by atoms with van der Waals surface area (Å²) in [6, 6.07) is 0. The van der Waals surface area contributed by atoms with Gasteiger partial charge in [-0.2, -0.15) is 0 Å². The Bertz CT molecular complexity index is 320. The van der Waals surface area contributed by atoms with Crippen molar-refractivity contribution in [1.82, 2.24) is 5.48 Å². The highest BCUT2D eigenvalue weighted by Gasteiger charge is 2.12. The Labute approximate surface area is 140 Å². The Kier molecular flexibility index (Phi) is 13.7. The van der Waals surface area contributed by atoms with Crippen molar-refractivity contribution in [3.05, 3.63) is 0 Å². The summed E-state index contributed by atoms with van der Waals surface area (Å²) in [5, 5.41) is 0. The Morgan fingerprint density at radius 3 is 2.39 bits per heavy atom. The van der Waals surface area contributed by atoms with Crippen molar-refractivity contribution >= 4 is 11.9 Å². The van der Waals surface area contributed by atoms with Gasteiger partial charge in [-0.15, -0.1) is 0 Å². The number of rotatable bonds is 14. The highest BCUT2D eigenvalue weighted by molar-refractivity contribution is 5.76. The van der Waals surface area contributed by atoms with Crippen molar-refractivity contribution in [2.45, 2.75) is 72.3 Å². The highest BCUT2D eigenvalue weighted by atomic mass is 16.7. The van der Waals surface area contributed by atoms with Crippen LogP contribution in [0.4, 0.5) is 0 Å². The lowest BCUT2D eigenvalue weighted by molar-refractivity contribution is -0.159. The van der Waals surface area contributed by atoms with E-state index in [-0.39, 0.29) is 19.1 Å². The average molecular weight is 331 g/mol. The summed E-state index contributed by atoms with van der Waals surface area (Å²) in [7, 11) is 0. The van der Waals surface area contributed by atoms with Crippen LogP contribution in [0.25, 0.3) is 0 Å². The topological polar surface area (TPSA) is 73.9 Å². The maximum absolute atomic E-state index is 11.6. The summed E-state index contributed by atoms with van der Waals surface area (Å²) < 4.78 is 10.1. The Morgan fingerprint density at radius 1 is 1.04 bits per heavy atom. The molecule has 0 rings (SSSR count). The Balaban J connectivity index is 3.65. The maximum atomic E-state index is 11.6. The van der Waals surface area contributed by atoms with Crippen LogP contribution in [0.2, 0.25) is 0 Å². The second-order valence-electron chi connectivity index (χ2n) is 5.92. The van der Waals surface area contributed by atoms with Crippen LogP contribution in [0.1, 0.15) is 66.2 Å². The van der Waals surface area contributed by atoms with E-state index in [0.717, 1.165) is 25.7 Å². The number of hydrogen-bond donors (Lipinski definition) is 1. The number of esters is 2. The molecule has 0 saturated carbocycles. The summed E-state index contributed by atoms with van der Waals surface area (Å²) in [5.41, 5.74) is 2.76. The molecule has 0 amide bonds. The quantitative estimate of drug-likeness (QED) is 0.300. The van der Waals surface area contributed by atoms with Crippen molar-refractivity contribution < 1.29 is 23.9 Å². The van der Waals surface area contributed by atoms with Crippen molar-refractivity contribution in [2.75, 3.05) is 19.8 Å². The molecule has 0 aromatic rings. The molecule has 0 saturated heterocycles. The van der Waals surface area contributed by atoms with Gasteiger partial charge < -0.3 is 9.47 Å². The molecule has 0 heterocycles. The van der Waals surface area contributed by atoms with Gasteiger partial charge in [0, 0.05) is 13.0 Å². The lowest BCUT2D eigenvalue weighted by Crippen LogP contribution is -2.22. The summed E-state index contributed by atoms with van der Waals surface area (Å²) in [6.07, 6.45) is 5.26. The molecule has 0 bridgehead atoms. The first-order chi connectivity index (χ1) is 11.0. The fourth-order valence-electron chi connectivity index (χ4n) is 1.89. The first kappa shape index (κ1) is 21.9. The molecule has 6 heteroatoms. The molecule has 1 N–H and O–H groups in total. The molecule has 6 nitrogen and oxygen atoms in total. The fraction of sp³-hybridized carbons (Fsp3) is 0.882. The second-order valence-corrected chi connectivity index (χ2v) is 5.92. The number of hydrogen-bond acceptors (Lipinski definition) is 6. The number of carbonyl (C=O) groups excluding carboxylic acids is 2. The van der Waals surface area contributed by atoms with Crippen LogP contribution in [-0.4, -0.2) is 37.8 Å². The van der Waals surface area contributed by atoms with Crippen molar-refractivity contribution in [1.29, 1.82) is 0 Å². The zero-order chi connectivity index (χ0) is 17.5. The molecule has 1 atom stereocenters. The minimum Gasteiger partial charge on any atom is -0.463 e. The number of ether oxygens (including phenoxy) is 2. The predicted molar refractivity (Wildman–Crippen MR) is 88.7 cm³/mol. The first-order valence-corrected chi connectivity index (χ1v) is 8.69. The van der Waals surface area contributed by atoms with Crippen LogP contribution in [0.3, 0.4) is 0 Å². The van der Waals surface area contributed by atoms with Gasteiger partial charge in [0.2, 0.25) is 0 Å². The van der Waals surface area contributed by atoms with Gasteiger partial charge in [0.05, 0.1) is 12.7 Å². The number of nitrogens with one attached hydrogen (secondary N) is 1. The Hall–Kier alpha value is -1.14. The molecule has 0 aliphatic rings. The van der Waals surface area contributed by atoms with Crippen LogP contribution in [0, 0.1) is 5.92 Å². The SMILES string of the molecule is CCCCC(CC)COC(=O)COC(=O)CCCNOC(C)C. The molecular weight excluding hydrogens is 298 g/mol. The zero-order valence-electron chi connectivity index (χ0n) is 15.1. The third kappa shape index (κ3) is 14.2. The van der Waals surface area contributed by atoms with Gasteiger partial charge in [-0.3, -0.25) is 9.63 Å². The van der Waals surface area contributed by atoms with Crippen molar-refractivity contribution in [3.63, 3.8) is 0 Å². The maximum Gasteiger partial charge on any atom is 0.344 e. The molecule has 0 aliphatic carbocycles. The van der Waals surface area contributed by atoms with Crippen LogP contribution >= 0.6 is 0 Å². The van der Waals surface area contributed by atoms with E-state index in [9.17, 15) is 9.59 Å². The molecule has 23 heavy (non-hydrogen) atoms. The van der Waals surface area contributed by atoms with Crippen LogP contribution in [-0.2, 0) is 23.9 Å². The molecule has 0 aromatic carbocycles. The largest absolute Gasteiger partial charge is 0.463 e. The van der Waals surface area contributed by atoms with E-state index in [1.807, 2.05) is 13.8 Å². The van der Waals surface area contributed by atoms with Gasteiger partial charge in [0.15, 0.2) is 6.61 Å². The zero-order valence-corrected chi connectivity index (χ0v) is 15.1. The number of carbonyl (C=O) groups is 2. The fourth-order valence-corrected chi connectivity index (χ4v) is 1.89. The van der Waals surface area contributed by atoms with Gasteiger partial charge in [0.25, 0.3) is 0 Å². The number of hydroxylamine groups is 1. The highest BCUT2D eigenvalue weighted by Crippen LogP contribution is 2.12. The third-order valence-corrected chi connectivity index (χ3v) is 3.35. The summed E-state index contributed by atoms with van der Waals surface area (Å²) in [5.74, 6) is -0.484. The minimum absolute atomic E-state index is 0.0981. The molecule has 0 radical (unpaired) electrons. The molecule has 0 fully saturated rings. The van der Waals surface area contributed by atoms with E-state index < -0.39 is 11.9 Å². The van der Waals surface area contributed by atoms with E-state index in [4.69, 9.17) is 14.3 Å². The normalized spacial score (nSPS) is 12.2. The minimum atomic E-state index is -0.477. The molecule has 0 aliphatic heterocycles. The predicted octanol–water partition coefficient (Wildman–Crippen LogP) is 3.00. The van der Waals surface area contributed by atoms with E-state index >= 15 is 0 Å². The lowest BCUT2D eigenvalue weighted by atomic mass is 10.0. The summed E-state index contributed by atoms with van der Waals surface area (Å²) in [6.45, 7) is 8.72. The van der Waals surface area contributed by atoms with Crippen molar-refractivity contribution in [3.8, 4) is 0 Å². The van der Waals surface area contributed by atoms with Crippen LogP contribution in [0.15, 0.2) is 0 Å². The second kappa shape index (κ2) is 14.5. The van der Waals surface area contributed by atoms with Gasteiger partial charge in [-0.25, -0.2) is 10.3 Å². The van der Waals surface area contributed by atoms with Crippen molar-refractivity contribution in [2.24, 2.45) is 5.92 Å². The molecular formula is C17H33NO5. The van der Waals surface area contributed by atoms with E-state index in [1.165, 1.54) is 0 Å². The van der Waals surface area contributed by atoms with E-state index in [1.54, 1.807) is 0 Å². The van der Waals surface area contributed by atoms with Crippen LogP contribution in [0.5, 0.6) is 0 Å². The number of unbranched alkanes of at least 4 members (excludes halogenated alkanes) is 1.